The van der Waals surface area contributed by atoms with Crippen LogP contribution in [-0.2, 0) is 31.9 Å². The summed E-state index contributed by atoms with van der Waals surface area (Å²) in [6, 6.07) is 41.0. The van der Waals surface area contributed by atoms with Crippen molar-refractivity contribution in [3.05, 3.63) is 192 Å². The minimum atomic E-state index is -0.989. The van der Waals surface area contributed by atoms with Gasteiger partial charge >= 0.3 is 0 Å². The third-order valence-corrected chi connectivity index (χ3v) is 11.7. The molecule has 0 aliphatic rings. The summed E-state index contributed by atoms with van der Waals surface area (Å²) >= 11 is 0. The number of phenolic OH excluding ortho intramolecular Hbond substituents is 1. The third-order valence-electron chi connectivity index (χ3n) is 11.7. The zero-order valence-electron chi connectivity index (χ0n) is 46.2. The average Bonchev–Trinajstić information content (AvgIpc) is 3.74. The molecule has 0 fully saturated rings. The molecule has 0 spiro atoms. The maximum Gasteiger partial charge on any atom is 0.148 e. The second-order valence-electron chi connectivity index (χ2n) is 18.8. The Balaban J connectivity index is 0.00000711. The van der Waals surface area contributed by atoms with Crippen LogP contribution >= 0.6 is 0 Å². The van der Waals surface area contributed by atoms with E-state index >= 15 is 0 Å². The van der Waals surface area contributed by atoms with Gasteiger partial charge in [0.1, 0.15) is 11.6 Å². The molecule has 0 atom stereocenters. The standard InChI is InChI=1S/C60H56N3O.Pt/c1-38(2)44-29-46(41-19-14-11-15-20-41)34-50(33-44)63-55-22-16-21-51(56(55)62-58(63)52-36-49(59(4,5)6)37-53(57(52)64)60(7,8)9)47-30-45(40-17-12-10-13-18-40)31-48(32-47)54-35-43(27-28-61-54)42-25-23-39(3)24-26-42;/h10-31,33-38,64H,1-9H3;/q-1;/i23D,24D,25D,26D,27D,28D,35D,38D;. The van der Waals surface area contributed by atoms with Crippen LogP contribution in [0.15, 0.2) is 164 Å². The fourth-order valence-electron chi connectivity index (χ4n) is 8.10. The Morgan fingerprint density at radius 2 is 1.29 bits per heavy atom. The molecule has 7 aromatic carbocycles. The molecule has 65 heavy (non-hydrogen) atoms. The van der Waals surface area contributed by atoms with Crippen LogP contribution in [0.3, 0.4) is 0 Å². The minimum Gasteiger partial charge on any atom is -0.507 e. The van der Waals surface area contributed by atoms with Crippen LogP contribution in [0.1, 0.15) is 94.5 Å². The van der Waals surface area contributed by atoms with Gasteiger partial charge in [-0.15, -0.1) is 23.8 Å². The fraction of sp³-hybridized carbons (Fsp3) is 0.200. The van der Waals surface area contributed by atoms with E-state index in [-0.39, 0.29) is 72.7 Å². The monoisotopic (exact) mass is 1040 g/mol. The number of fused-ring (bicyclic) bond motifs is 1. The second kappa shape index (κ2) is 17.9. The molecule has 0 aliphatic heterocycles. The van der Waals surface area contributed by atoms with Crippen molar-refractivity contribution in [2.75, 3.05) is 0 Å². The summed E-state index contributed by atoms with van der Waals surface area (Å²) in [7, 11) is 0. The molecule has 0 aliphatic carbocycles. The molecule has 4 nitrogen and oxygen atoms in total. The first kappa shape index (κ1) is 35.9. The van der Waals surface area contributed by atoms with E-state index in [0.29, 0.717) is 39.1 Å². The van der Waals surface area contributed by atoms with Crippen LogP contribution in [0, 0.1) is 13.0 Å². The summed E-state index contributed by atoms with van der Waals surface area (Å²) in [5.41, 5.74) is 8.97. The number of rotatable bonds is 8. The Hall–Kier alpha value is -6.35. The summed E-state index contributed by atoms with van der Waals surface area (Å²) in [5, 5.41) is 12.6. The van der Waals surface area contributed by atoms with Crippen molar-refractivity contribution in [1.29, 1.82) is 0 Å². The van der Waals surface area contributed by atoms with E-state index < -0.39 is 35.6 Å². The van der Waals surface area contributed by atoms with Gasteiger partial charge in [-0.3, -0.25) is 9.55 Å². The number of aromatic nitrogens is 3. The zero-order valence-corrected chi connectivity index (χ0v) is 40.4. The largest absolute Gasteiger partial charge is 0.507 e. The Morgan fingerprint density at radius 1 is 0.646 bits per heavy atom. The fourth-order valence-corrected chi connectivity index (χ4v) is 8.10. The van der Waals surface area contributed by atoms with E-state index in [1.165, 1.54) is 6.92 Å². The van der Waals surface area contributed by atoms with Crippen LogP contribution < -0.4 is 0 Å². The molecule has 9 rings (SSSR count). The number of para-hydroxylation sites is 1. The van der Waals surface area contributed by atoms with Crippen LogP contribution in [0.5, 0.6) is 5.75 Å². The number of pyridine rings is 1. The summed E-state index contributed by atoms with van der Waals surface area (Å²) < 4.78 is 73.7. The van der Waals surface area contributed by atoms with E-state index in [9.17, 15) is 7.85 Å². The first-order valence-electron chi connectivity index (χ1n) is 25.6. The van der Waals surface area contributed by atoms with E-state index in [0.717, 1.165) is 44.6 Å². The topological polar surface area (TPSA) is 50.9 Å². The molecule has 1 N–H and O–H groups in total. The van der Waals surface area contributed by atoms with Crippen molar-refractivity contribution < 1.29 is 37.1 Å². The van der Waals surface area contributed by atoms with Gasteiger partial charge < -0.3 is 5.11 Å². The van der Waals surface area contributed by atoms with Gasteiger partial charge in [-0.1, -0.05) is 193 Å². The van der Waals surface area contributed by atoms with Gasteiger partial charge in [0.05, 0.1) is 26.2 Å². The zero-order chi connectivity index (χ0) is 51.9. The molecule has 2 heterocycles. The predicted octanol–water partition coefficient (Wildman–Crippen LogP) is 16.0. The van der Waals surface area contributed by atoms with Crippen LogP contribution in [0.4, 0.5) is 0 Å². The molecule has 328 valence electrons. The van der Waals surface area contributed by atoms with Crippen molar-refractivity contribution in [3.63, 3.8) is 0 Å². The van der Waals surface area contributed by atoms with Crippen molar-refractivity contribution in [2.45, 2.75) is 79.0 Å². The molecular formula is C60H56N3OPt-. The number of aromatic hydroxyl groups is 1. The normalized spacial score (nSPS) is 13.7. The summed E-state index contributed by atoms with van der Waals surface area (Å²) in [5.74, 6) is -0.401. The Labute approximate surface area is 410 Å². The molecule has 5 heteroatoms. The van der Waals surface area contributed by atoms with Gasteiger partial charge in [-0.2, -0.15) is 0 Å². The van der Waals surface area contributed by atoms with Crippen LogP contribution in [-0.4, -0.2) is 19.6 Å². The second-order valence-corrected chi connectivity index (χ2v) is 18.8. The molecule has 0 saturated carbocycles. The molecule has 0 bridgehead atoms. The minimum absolute atomic E-state index is 0. The number of benzene rings is 7. The van der Waals surface area contributed by atoms with Crippen molar-refractivity contribution >= 4 is 11.0 Å². The third kappa shape index (κ3) is 9.15. The molecular weight excluding hydrogens is 974 g/mol. The van der Waals surface area contributed by atoms with Gasteiger partial charge in [-0.25, -0.2) is 4.98 Å². The van der Waals surface area contributed by atoms with Crippen molar-refractivity contribution in [2.24, 2.45) is 0 Å². The Bertz CT molecular complexity index is 3600. The SMILES string of the molecule is [2H]c1nc(-c2[c-]c(-c3cccc4c3nc(-c3cc(C(C)(C)C)cc(C(C)(C)C)c3O)n4-c3cc(-c4ccccc4)cc(C([2H])(C)C)c3)cc(-c3ccccc3)c2)c([2H])c(-c2c([2H])c([2H])c(C)c([2H])c2[2H])c1[2H].[Pt]. The molecule has 2 aromatic heterocycles. The van der Waals surface area contributed by atoms with E-state index in [1.54, 1.807) is 0 Å². The molecule has 0 saturated heterocycles. The summed E-state index contributed by atoms with van der Waals surface area (Å²) in [6.07, 6.45) is -0.501. The van der Waals surface area contributed by atoms with Gasteiger partial charge in [-0.05, 0) is 92.9 Å². The van der Waals surface area contributed by atoms with Gasteiger partial charge in [0, 0.05) is 45.6 Å². The summed E-state index contributed by atoms with van der Waals surface area (Å²) in [6.45, 7) is 17.9. The first-order chi connectivity index (χ1) is 33.8. The van der Waals surface area contributed by atoms with Gasteiger partial charge in [0.2, 0.25) is 0 Å². The van der Waals surface area contributed by atoms with Crippen molar-refractivity contribution in [3.8, 4) is 78.6 Å². The predicted molar refractivity (Wildman–Crippen MR) is 268 cm³/mol. The van der Waals surface area contributed by atoms with Crippen LogP contribution in [0.2, 0.25) is 0 Å². The smallest absolute Gasteiger partial charge is 0.148 e. The van der Waals surface area contributed by atoms with Crippen molar-refractivity contribution in [1.82, 2.24) is 14.5 Å². The number of hydrogen-bond donors (Lipinski definition) is 1. The number of imidazole rings is 1. The summed E-state index contributed by atoms with van der Waals surface area (Å²) in [4.78, 5) is 10.0. The molecule has 0 amide bonds. The Morgan fingerprint density at radius 3 is 1.92 bits per heavy atom. The maximum atomic E-state index is 12.6. The molecule has 0 radical (unpaired) electrons. The molecule has 9 aromatic rings. The van der Waals surface area contributed by atoms with Gasteiger partial charge in [0.25, 0.3) is 0 Å². The van der Waals surface area contributed by atoms with E-state index in [2.05, 4.69) is 75.4 Å². The quantitative estimate of drug-likeness (QED) is 0.154. The van der Waals surface area contributed by atoms with E-state index in [1.807, 2.05) is 117 Å². The number of phenols is 1. The number of hydrogen-bond acceptors (Lipinski definition) is 3. The first-order valence-corrected chi connectivity index (χ1v) is 21.6. The van der Waals surface area contributed by atoms with Crippen LogP contribution in [0.25, 0.3) is 83.9 Å². The Kier molecular flexibility index (Phi) is 9.90. The van der Waals surface area contributed by atoms with Gasteiger partial charge in [0.15, 0.2) is 0 Å². The number of nitrogens with zero attached hydrogens (tertiary/aromatic N) is 3. The molecule has 0 unspecified atom stereocenters. The van der Waals surface area contributed by atoms with E-state index in [4.69, 9.17) is 13.2 Å². The average molecular weight is 1040 g/mol. The maximum absolute atomic E-state index is 12.6.